The predicted molar refractivity (Wildman–Crippen MR) is 88.7 cm³/mol. The van der Waals surface area contributed by atoms with E-state index in [2.05, 4.69) is 36.5 Å². The first kappa shape index (κ1) is 15.8. The van der Waals surface area contributed by atoms with E-state index in [-0.39, 0.29) is 11.3 Å². The zero-order valence-electron chi connectivity index (χ0n) is 13.7. The van der Waals surface area contributed by atoms with Crippen LogP contribution in [-0.4, -0.2) is 25.7 Å². The van der Waals surface area contributed by atoms with Gasteiger partial charge in [-0.15, -0.1) is 0 Å². The quantitative estimate of drug-likeness (QED) is 0.941. The van der Waals surface area contributed by atoms with Gasteiger partial charge >= 0.3 is 0 Å². The highest BCUT2D eigenvalue weighted by Gasteiger charge is 2.35. The van der Waals surface area contributed by atoms with Crippen molar-refractivity contribution in [3.63, 3.8) is 0 Å². The normalized spacial score (nSPS) is 17.0. The number of hydrogen-bond acceptors (Lipinski definition) is 3. The second kappa shape index (κ2) is 6.59. The molecular weight excluding hydrogens is 290 g/mol. The first-order chi connectivity index (χ1) is 11.1. The Morgan fingerprint density at radius 2 is 1.83 bits per heavy atom. The molecule has 1 aliphatic rings. The number of ether oxygens (including phenoxy) is 1. The maximum atomic E-state index is 12.4. The molecule has 0 radical (unpaired) electrons. The van der Waals surface area contributed by atoms with Crippen LogP contribution in [0.25, 0.3) is 0 Å². The fourth-order valence-corrected chi connectivity index (χ4v) is 3.20. The Hall–Kier alpha value is -2.07. The van der Waals surface area contributed by atoms with Crippen LogP contribution in [-0.2, 0) is 10.2 Å². The van der Waals surface area contributed by atoms with Crippen molar-refractivity contribution in [1.29, 1.82) is 0 Å². The molecule has 23 heavy (non-hydrogen) atoms. The van der Waals surface area contributed by atoms with Crippen LogP contribution in [0.1, 0.15) is 40.1 Å². The highest BCUT2D eigenvalue weighted by Crippen LogP contribution is 2.34. The Morgan fingerprint density at radius 3 is 2.43 bits per heavy atom. The molecule has 0 aliphatic carbocycles. The maximum absolute atomic E-state index is 12.4. The average molecular weight is 313 g/mol. The first-order valence-electron chi connectivity index (χ1n) is 8.08. The summed E-state index contributed by atoms with van der Waals surface area (Å²) >= 11 is 0. The molecule has 1 saturated heterocycles. The van der Waals surface area contributed by atoms with Crippen molar-refractivity contribution < 1.29 is 13.9 Å². The van der Waals surface area contributed by atoms with Gasteiger partial charge in [-0.1, -0.05) is 29.8 Å². The Morgan fingerprint density at radius 1 is 1.13 bits per heavy atom. The number of nitrogens with one attached hydrogen (secondary N) is 1. The lowest BCUT2D eigenvalue weighted by Gasteiger charge is -2.38. The monoisotopic (exact) mass is 313 g/mol. The standard InChI is InChI=1S/C19H23NO3/c1-14-3-5-16(6-4-14)19(8-11-22-12-9-19)13-20-18(21)17-7-10-23-15(17)2/h3-7,10H,8-9,11-13H2,1-2H3,(H,20,21). The van der Waals surface area contributed by atoms with Crippen LogP contribution in [0.3, 0.4) is 0 Å². The molecule has 2 aromatic rings. The lowest BCUT2D eigenvalue weighted by Crippen LogP contribution is -2.44. The summed E-state index contributed by atoms with van der Waals surface area (Å²) in [4.78, 5) is 12.4. The van der Waals surface area contributed by atoms with Crippen LogP contribution < -0.4 is 5.32 Å². The Bertz CT molecular complexity index is 666. The SMILES string of the molecule is Cc1ccc(C2(CNC(=O)c3ccoc3C)CCOCC2)cc1. The molecule has 1 aliphatic heterocycles. The highest BCUT2D eigenvalue weighted by atomic mass is 16.5. The molecule has 0 atom stereocenters. The van der Waals surface area contributed by atoms with Gasteiger partial charge in [-0.3, -0.25) is 4.79 Å². The number of aryl methyl sites for hydroxylation is 2. The van der Waals surface area contributed by atoms with E-state index in [1.54, 1.807) is 19.3 Å². The van der Waals surface area contributed by atoms with E-state index in [0.717, 1.165) is 26.1 Å². The molecule has 1 aromatic heterocycles. The number of amides is 1. The number of carbonyl (C=O) groups excluding carboxylic acids is 1. The predicted octanol–water partition coefficient (Wildman–Crippen LogP) is 3.37. The third kappa shape index (κ3) is 3.32. The molecule has 1 aromatic carbocycles. The summed E-state index contributed by atoms with van der Waals surface area (Å²) in [6, 6.07) is 10.3. The molecule has 1 amide bonds. The van der Waals surface area contributed by atoms with Crippen molar-refractivity contribution in [3.8, 4) is 0 Å². The van der Waals surface area contributed by atoms with Crippen molar-refractivity contribution in [1.82, 2.24) is 5.32 Å². The lowest BCUT2D eigenvalue weighted by atomic mass is 9.74. The van der Waals surface area contributed by atoms with Crippen molar-refractivity contribution >= 4 is 5.91 Å². The topological polar surface area (TPSA) is 51.5 Å². The fraction of sp³-hybridized carbons (Fsp3) is 0.421. The van der Waals surface area contributed by atoms with E-state index in [4.69, 9.17) is 9.15 Å². The van der Waals surface area contributed by atoms with Crippen LogP contribution in [0.2, 0.25) is 0 Å². The molecule has 3 rings (SSSR count). The van der Waals surface area contributed by atoms with Crippen LogP contribution >= 0.6 is 0 Å². The summed E-state index contributed by atoms with van der Waals surface area (Å²) in [7, 11) is 0. The third-order valence-electron chi connectivity index (χ3n) is 4.80. The minimum absolute atomic E-state index is 0.0563. The van der Waals surface area contributed by atoms with Crippen LogP contribution in [0.4, 0.5) is 0 Å². The van der Waals surface area contributed by atoms with Gasteiger partial charge in [0.2, 0.25) is 0 Å². The molecule has 4 heteroatoms. The third-order valence-corrected chi connectivity index (χ3v) is 4.80. The van der Waals surface area contributed by atoms with E-state index in [1.807, 2.05) is 0 Å². The summed E-state index contributed by atoms with van der Waals surface area (Å²) in [5.41, 5.74) is 3.07. The van der Waals surface area contributed by atoms with Gasteiger partial charge in [0.1, 0.15) is 5.76 Å². The number of benzene rings is 1. The molecule has 0 saturated carbocycles. The van der Waals surface area contributed by atoms with Crippen LogP contribution in [0.15, 0.2) is 41.0 Å². The van der Waals surface area contributed by atoms with E-state index in [0.29, 0.717) is 17.9 Å². The Kier molecular flexibility index (Phi) is 4.53. The smallest absolute Gasteiger partial charge is 0.254 e. The van der Waals surface area contributed by atoms with E-state index < -0.39 is 0 Å². The number of furan rings is 1. The summed E-state index contributed by atoms with van der Waals surface area (Å²) in [6.07, 6.45) is 3.38. The molecule has 122 valence electrons. The largest absolute Gasteiger partial charge is 0.469 e. The summed E-state index contributed by atoms with van der Waals surface area (Å²) in [6.45, 7) is 5.97. The molecule has 2 heterocycles. The zero-order chi connectivity index (χ0) is 16.3. The van der Waals surface area contributed by atoms with Crippen molar-refractivity contribution in [2.24, 2.45) is 0 Å². The van der Waals surface area contributed by atoms with Crippen LogP contribution in [0.5, 0.6) is 0 Å². The minimum atomic E-state index is -0.0748. The second-order valence-corrected chi connectivity index (χ2v) is 6.33. The lowest BCUT2D eigenvalue weighted by molar-refractivity contribution is 0.0487. The van der Waals surface area contributed by atoms with E-state index in [9.17, 15) is 4.79 Å². The number of carbonyl (C=O) groups is 1. The Balaban J connectivity index is 1.78. The van der Waals surface area contributed by atoms with Gasteiger partial charge in [-0.25, -0.2) is 0 Å². The Labute approximate surface area is 136 Å². The zero-order valence-corrected chi connectivity index (χ0v) is 13.7. The molecule has 0 unspecified atom stereocenters. The molecule has 4 nitrogen and oxygen atoms in total. The first-order valence-corrected chi connectivity index (χ1v) is 8.08. The molecular formula is C19H23NO3. The summed E-state index contributed by atoms with van der Waals surface area (Å²) < 4.78 is 10.8. The van der Waals surface area contributed by atoms with Crippen molar-refractivity contribution in [2.45, 2.75) is 32.1 Å². The number of rotatable bonds is 4. The van der Waals surface area contributed by atoms with Crippen LogP contribution in [0, 0.1) is 13.8 Å². The second-order valence-electron chi connectivity index (χ2n) is 6.33. The van der Waals surface area contributed by atoms with Gasteiger partial charge in [-0.2, -0.15) is 0 Å². The van der Waals surface area contributed by atoms with Crippen molar-refractivity contribution in [2.75, 3.05) is 19.8 Å². The van der Waals surface area contributed by atoms with Gasteiger partial charge in [0, 0.05) is 25.2 Å². The molecule has 0 bridgehead atoms. The van der Waals surface area contributed by atoms with E-state index in [1.165, 1.54) is 11.1 Å². The molecule has 1 fully saturated rings. The highest BCUT2D eigenvalue weighted by molar-refractivity contribution is 5.95. The fourth-order valence-electron chi connectivity index (χ4n) is 3.20. The molecule has 1 N–H and O–H groups in total. The van der Waals surface area contributed by atoms with Gasteiger partial charge in [-0.05, 0) is 38.3 Å². The average Bonchev–Trinajstić information content (AvgIpc) is 3.00. The maximum Gasteiger partial charge on any atom is 0.254 e. The van der Waals surface area contributed by atoms with Crippen molar-refractivity contribution in [3.05, 3.63) is 59.0 Å². The summed E-state index contributed by atoms with van der Waals surface area (Å²) in [5, 5.41) is 3.10. The van der Waals surface area contributed by atoms with E-state index >= 15 is 0 Å². The van der Waals surface area contributed by atoms with Gasteiger partial charge in [0.25, 0.3) is 5.91 Å². The summed E-state index contributed by atoms with van der Waals surface area (Å²) in [5.74, 6) is 0.577. The van der Waals surface area contributed by atoms with Gasteiger partial charge in [0.05, 0.1) is 11.8 Å². The molecule has 0 spiro atoms. The van der Waals surface area contributed by atoms with Gasteiger partial charge < -0.3 is 14.5 Å². The van der Waals surface area contributed by atoms with Gasteiger partial charge in [0.15, 0.2) is 0 Å². The number of hydrogen-bond donors (Lipinski definition) is 1. The minimum Gasteiger partial charge on any atom is -0.469 e.